The average Bonchev–Trinajstić information content (AvgIpc) is 2.30. The molecule has 0 bridgehead atoms. The molecule has 0 spiro atoms. The van der Waals surface area contributed by atoms with Gasteiger partial charge in [0.05, 0.1) is 6.20 Å². The summed E-state index contributed by atoms with van der Waals surface area (Å²) in [5.41, 5.74) is 6.33. The van der Waals surface area contributed by atoms with Gasteiger partial charge in [-0.1, -0.05) is 11.6 Å². The molecule has 4 heteroatoms. The summed E-state index contributed by atoms with van der Waals surface area (Å²) in [5.74, 6) is 0. The number of hydrogen-bond acceptors (Lipinski definition) is 2. The van der Waals surface area contributed by atoms with E-state index in [1.807, 2.05) is 13.8 Å². The highest BCUT2D eigenvalue weighted by Gasteiger charge is 2.08. The van der Waals surface area contributed by atoms with Gasteiger partial charge >= 0.3 is 0 Å². The number of nitrogens with zero attached hydrogens (tertiary/aromatic N) is 2. The van der Waals surface area contributed by atoms with Crippen LogP contribution in [0.3, 0.4) is 0 Å². The minimum atomic E-state index is 0.294. The van der Waals surface area contributed by atoms with E-state index < -0.39 is 0 Å². The Morgan fingerprint density at radius 2 is 2.36 bits per heavy atom. The van der Waals surface area contributed by atoms with Crippen molar-refractivity contribution in [1.82, 2.24) is 9.78 Å². The zero-order chi connectivity index (χ0) is 8.43. The maximum absolute atomic E-state index is 5.94. The van der Waals surface area contributed by atoms with Gasteiger partial charge in [0.2, 0.25) is 0 Å². The van der Waals surface area contributed by atoms with Crippen molar-refractivity contribution in [3.63, 3.8) is 0 Å². The van der Waals surface area contributed by atoms with Gasteiger partial charge in [-0.15, -0.1) is 0 Å². The van der Waals surface area contributed by atoms with Crippen molar-refractivity contribution >= 4 is 11.6 Å². The zero-order valence-electron chi connectivity index (χ0n) is 6.71. The molecule has 0 saturated carbocycles. The highest BCUT2D eigenvalue weighted by atomic mass is 35.5. The molecule has 1 aromatic heterocycles. The van der Waals surface area contributed by atoms with Gasteiger partial charge in [0, 0.05) is 18.2 Å². The van der Waals surface area contributed by atoms with E-state index in [1.165, 1.54) is 0 Å². The third kappa shape index (κ3) is 1.54. The second-order valence-corrected chi connectivity index (χ2v) is 3.06. The Balaban J connectivity index is 3.00. The Kier molecular flexibility index (Phi) is 2.52. The van der Waals surface area contributed by atoms with E-state index in [4.69, 9.17) is 17.3 Å². The van der Waals surface area contributed by atoms with E-state index in [1.54, 1.807) is 10.9 Å². The Labute approximate surface area is 71.1 Å². The highest BCUT2D eigenvalue weighted by molar-refractivity contribution is 6.30. The first-order chi connectivity index (χ1) is 5.16. The van der Waals surface area contributed by atoms with E-state index in [2.05, 4.69) is 5.10 Å². The number of hydrogen-bond donors (Lipinski definition) is 1. The molecule has 0 radical (unpaired) electrons. The normalized spacial score (nSPS) is 11.0. The second-order valence-electron chi connectivity index (χ2n) is 2.70. The Morgan fingerprint density at radius 1 is 1.73 bits per heavy atom. The summed E-state index contributed by atoms with van der Waals surface area (Å²) in [6, 6.07) is 0.294. The van der Waals surface area contributed by atoms with Crippen molar-refractivity contribution in [2.45, 2.75) is 26.4 Å². The standard InChI is InChI=1S/C7H12ClN3/c1-5(2)11-7(8)6(3-9)4-10-11/h4-5H,3,9H2,1-2H3. The molecule has 11 heavy (non-hydrogen) atoms. The zero-order valence-corrected chi connectivity index (χ0v) is 7.47. The lowest BCUT2D eigenvalue weighted by Gasteiger charge is -2.06. The molecule has 1 aromatic rings. The van der Waals surface area contributed by atoms with Crippen molar-refractivity contribution in [3.05, 3.63) is 16.9 Å². The third-order valence-electron chi connectivity index (χ3n) is 1.51. The lowest BCUT2D eigenvalue weighted by atomic mass is 10.3. The van der Waals surface area contributed by atoms with Crippen LogP contribution in [0.2, 0.25) is 5.15 Å². The number of nitrogens with two attached hydrogens (primary N) is 1. The van der Waals surface area contributed by atoms with Crippen molar-refractivity contribution in [1.29, 1.82) is 0 Å². The molecule has 1 rings (SSSR count). The monoisotopic (exact) mass is 173 g/mol. The summed E-state index contributed by atoms with van der Waals surface area (Å²) < 4.78 is 1.75. The largest absolute Gasteiger partial charge is 0.326 e. The minimum Gasteiger partial charge on any atom is -0.326 e. The maximum Gasteiger partial charge on any atom is 0.131 e. The quantitative estimate of drug-likeness (QED) is 0.738. The summed E-state index contributed by atoms with van der Waals surface area (Å²) in [4.78, 5) is 0. The van der Waals surface area contributed by atoms with Gasteiger partial charge in [0.25, 0.3) is 0 Å². The molecule has 0 fully saturated rings. The first kappa shape index (κ1) is 8.56. The molecule has 0 atom stereocenters. The smallest absolute Gasteiger partial charge is 0.131 e. The van der Waals surface area contributed by atoms with E-state index in [0.717, 1.165) is 5.56 Å². The Morgan fingerprint density at radius 3 is 2.64 bits per heavy atom. The van der Waals surface area contributed by atoms with Crippen LogP contribution in [-0.4, -0.2) is 9.78 Å². The first-order valence-corrected chi connectivity index (χ1v) is 3.96. The van der Waals surface area contributed by atoms with Crippen molar-refractivity contribution in [2.24, 2.45) is 5.73 Å². The fourth-order valence-electron chi connectivity index (χ4n) is 0.880. The molecule has 0 aromatic carbocycles. The van der Waals surface area contributed by atoms with E-state index in [0.29, 0.717) is 17.7 Å². The molecular formula is C7H12ClN3. The van der Waals surface area contributed by atoms with Crippen LogP contribution in [0, 0.1) is 0 Å². The topological polar surface area (TPSA) is 43.8 Å². The highest BCUT2D eigenvalue weighted by Crippen LogP contribution is 2.18. The Hall–Kier alpha value is -0.540. The van der Waals surface area contributed by atoms with Crippen LogP contribution in [0.4, 0.5) is 0 Å². The molecule has 3 nitrogen and oxygen atoms in total. The van der Waals surface area contributed by atoms with Gasteiger partial charge < -0.3 is 5.73 Å². The number of rotatable bonds is 2. The fourth-order valence-corrected chi connectivity index (χ4v) is 1.24. The second kappa shape index (κ2) is 3.24. The van der Waals surface area contributed by atoms with Crippen LogP contribution in [0.25, 0.3) is 0 Å². The molecule has 1 heterocycles. The summed E-state index contributed by atoms with van der Waals surface area (Å²) >= 11 is 5.94. The van der Waals surface area contributed by atoms with E-state index >= 15 is 0 Å². The van der Waals surface area contributed by atoms with Crippen LogP contribution in [0.5, 0.6) is 0 Å². The summed E-state index contributed by atoms with van der Waals surface area (Å²) in [5, 5.41) is 4.75. The molecule has 0 saturated heterocycles. The van der Waals surface area contributed by atoms with E-state index in [-0.39, 0.29) is 0 Å². The van der Waals surface area contributed by atoms with Crippen LogP contribution in [0.1, 0.15) is 25.5 Å². The third-order valence-corrected chi connectivity index (χ3v) is 1.93. The van der Waals surface area contributed by atoms with Gasteiger partial charge in [0.15, 0.2) is 0 Å². The van der Waals surface area contributed by atoms with Crippen LogP contribution in [0.15, 0.2) is 6.20 Å². The molecule has 0 unspecified atom stereocenters. The molecule has 0 amide bonds. The van der Waals surface area contributed by atoms with Crippen LogP contribution in [-0.2, 0) is 6.54 Å². The van der Waals surface area contributed by atoms with Gasteiger partial charge in [-0.05, 0) is 13.8 Å². The van der Waals surface area contributed by atoms with Crippen molar-refractivity contribution < 1.29 is 0 Å². The fraction of sp³-hybridized carbons (Fsp3) is 0.571. The molecule has 0 aliphatic carbocycles. The summed E-state index contributed by atoms with van der Waals surface area (Å²) in [6.45, 7) is 4.50. The van der Waals surface area contributed by atoms with Gasteiger partial charge in [-0.3, -0.25) is 4.68 Å². The molecule has 0 aliphatic rings. The number of aromatic nitrogens is 2. The Bertz CT molecular complexity index is 242. The van der Waals surface area contributed by atoms with Crippen molar-refractivity contribution in [2.75, 3.05) is 0 Å². The summed E-state index contributed by atoms with van der Waals surface area (Å²) in [7, 11) is 0. The molecule has 0 aliphatic heterocycles. The van der Waals surface area contributed by atoms with Crippen LogP contribution < -0.4 is 5.73 Å². The maximum atomic E-state index is 5.94. The predicted molar refractivity (Wildman–Crippen MR) is 45.5 cm³/mol. The SMILES string of the molecule is CC(C)n1ncc(CN)c1Cl. The lowest BCUT2D eigenvalue weighted by molar-refractivity contribution is 0.533. The molecule has 2 N–H and O–H groups in total. The van der Waals surface area contributed by atoms with Gasteiger partial charge in [0.1, 0.15) is 5.15 Å². The first-order valence-electron chi connectivity index (χ1n) is 3.58. The van der Waals surface area contributed by atoms with Crippen LogP contribution >= 0.6 is 11.6 Å². The number of halogens is 1. The van der Waals surface area contributed by atoms with E-state index in [9.17, 15) is 0 Å². The predicted octanol–water partition coefficient (Wildman–Crippen LogP) is 1.58. The average molecular weight is 174 g/mol. The molecule has 62 valence electrons. The van der Waals surface area contributed by atoms with Gasteiger partial charge in [-0.25, -0.2) is 0 Å². The van der Waals surface area contributed by atoms with Gasteiger partial charge in [-0.2, -0.15) is 5.10 Å². The minimum absolute atomic E-state index is 0.294. The lowest BCUT2D eigenvalue weighted by Crippen LogP contribution is -2.03. The van der Waals surface area contributed by atoms with Crippen molar-refractivity contribution in [3.8, 4) is 0 Å². The summed E-state index contributed by atoms with van der Waals surface area (Å²) in [6.07, 6.45) is 1.71. The molecular weight excluding hydrogens is 162 g/mol.